The zero-order valence-electron chi connectivity index (χ0n) is 22.5. The van der Waals surface area contributed by atoms with Crippen LogP contribution in [0.4, 0.5) is 0 Å². The van der Waals surface area contributed by atoms with Crippen molar-refractivity contribution in [2.45, 2.75) is 32.9 Å². The summed E-state index contributed by atoms with van der Waals surface area (Å²) in [5, 5.41) is 2.92. The quantitative estimate of drug-likeness (QED) is 0.300. The van der Waals surface area contributed by atoms with E-state index in [1.165, 1.54) is 7.11 Å². The number of carbonyl (C=O) groups is 3. The van der Waals surface area contributed by atoms with Gasteiger partial charge in [0.15, 0.2) is 6.61 Å². The summed E-state index contributed by atoms with van der Waals surface area (Å²) in [6.45, 7) is 5.47. The van der Waals surface area contributed by atoms with Crippen LogP contribution in [0.1, 0.15) is 49.5 Å². The van der Waals surface area contributed by atoms with E-state index in [-0.39, 0.29) is 41.7 Å². The van der Waals surface area contributed by atoms with Gasteiger partial charge in [-0.3, -0.25) is 9.59 Å². The number of hydrogen-bond donors (Lipinski definition) is 1. The van der Waals surface area contributed by atoms with Crippen molar-refractivity contribution >= 4 is 23.9 Å². The first-order valence-electron chi connectivity index (χ1n) is 12.8. The van der Waals surface area contributed by atoms with Crippen LogP contribution < -0.4 is 10.1 Å². The van der Waals surface area contributed by atoms with Gasteiger partial charge in [0.05, 0.1) is 30.3 Å². The zero-order chi connectivity index (χ0) is 27.9. The van der Waals surface area contributed by atoms with Crippen molar-refractivity contribution in [2.24, 2.45) is 0 Å². The molecular weight excluding hydrogens is 492 g/mol. The van der Waals surface area contributed by atoms with E-state index in [1.54, 1.807) is 42.2 Å². The molecule has 0 saturated carbocycles. The van der Waals surface area contributed by atoms with Crippen molar-refractivity contribution in [3.8, 4) is 5.75 Å². The van der Waals surface area contributed by atoms with Gasteiger partial charge >= 0.3 is 5.97 Å². The predicted octanol–water partition coefficient (Wildman–Crippen LogP) is 5.38. The lowest BCUT2D eigenvalue weighted by atomic mass is 10.0. The van der Waals surface area contributed by atoms with Gasteiger partial charge in [0, 0.05) is 5.70 Å². The summed E-state index contributed by atoms with van der Waals surface area (Å²) < 4.78 is 10.7. The van der Waals surface area contributed by atoms with Gasteiger partial charge in [-0.2, -0.15) is 0 Å². The number of allylic oxidation sites excluding steroid dienone is 1. The van der Waals surface area contributed by atoms with Gasteiger partial charge in [0.2, 0.25) is 0 Å². The summed E-state index contributed by atoms with van der Waals surface area (Å²) in [6.07, 6.45) is 1.67. The minimum Gasteiger partial charge on any atom is -0.484 e. The van der Waals surface area contributed by atoms with E-state index in [1.807, 2.05) is 74.5 Å². The number of methoxy groups -OCH3 is 1. The van der Waals surface area contributed by atoms with Crippen LogP contribution in [-0.2, 0) is 19.1 Å². The van der Waals surface area contributed by atoms with E-state index in [0.29, 0.717) is 17.0 Å². The average Bonchev–Trinajstić information content (AvgIpc) is 3.21. The highest BCUT2D eigenvalue weighted by Crippen LogP contribution is 2.37. The Kier molecular flexibility index (Phi) is 8.61. The number of nitrogens with zero attached hydrogens (tertiary/aromatic N) is 1. The van der Waals surface area contributed by atoms with E-state index in [9.17, 15) is 14.4 Å². The number of amides is 2. The highest BCUT2D eigenvalue weighted by molar-refractivity contribution is 6.16. The van der Waals surface area contributed by atoms with E-state index in [4.69, 9.17) is 9.47 Å². The molecular formula is C32H32N2O5. The molecule has 2 amide bonds. The van der Waals surface area contributed by atoms with Crippen LogP contribution in [0.15, 0.2) is 102 Å². The Balaban J connectivity index is 1.47. The van der Waals surface area contributed by atoms with Crippen molar-refractivity contribution in [1.29, 1.82) is 0 Å². The minimum atomic E-state index is -0.564. The maximum Gasteiger partial charge on any atom is 0.340 e. The molecule has 7 nitrogen and oxygen atoms in total. The summed E-state index contributed by atoms with van der Waals surface area (Å²) in [7, 11) is 1.30. The normalized spacial score (nSPS) is 15.7. The first-order valence-corrected chi connectivity index (χ1v) is 12.8. The van der Waals surface area contributed by atoms with Crippen LogP contribution in [0.3, 0.4) is 0 Å². The number of ether oxygens (including phenoxy) is 2. The van der Waals surface area contributed by atoms with Gasteiger partial charge in [-0.25, -0.2) is 4.79 Å². The third-order valence-electron chi connectivity index (χ3n) is 6.74. The van der Waals surface area contributed by atoms with Gasteiger partial charge in [-0.15, -0.1) is 0 Å². The largest absolute Gasteiger partial charge is 0.484 e. The van der Waals surface area contributed by atoms with Crippen LogP contribution in [0.2, 0.25) is 0 Å². The van der Waals surface area contributed by atoms with Gasteiger partial charge in [-0.05, 0) is 55.7 Å². The van der Waals surface area contributed by atoms with Crippen molar-refractivity contribution < 1.29 is 23.9 Å². The molecule has 0 radical (unpaired) electrons. The molecule has 1 aliphatic rings. The van der Waals surface area contributed by atoms with Crippen LogP contribution >= 0.6 is 0 Å². The fraction of sp³-hybridized carbons (Fsp3) is 0.219. The Morgan fingerprint density at radius 3 is 2.08 bits per heavy atom. The molecule has 1 heterocycles. The summed E-state index contributed by atoms with van der Waals surface area (Å²) in [5.41, 5.74) is 3.73. The molecule has 4 rings (SSSR count). The molecule has 0 fully saturated rings. The molecule has 0 spiro atoms. The molecule has 0 saturated heterocycles. The van der Waals surface area contributed by atoms with Crippen molar-refractivity contribution in [3.05, 3.63) is 118 Å². The second-order valence-corrected chi connectivity index (χ2v) is 9.33. The first kappa shape index (κ1) is 27.4. The second-order valence-electron chi connectivity index (χ2n) is 9.33. The Morgan fingerprint density at radius 2 is 1.49 bits per heavy atom. The number of rotatable bonds is 9. The molecule has 0 aliphatic carbocycles. The number of benzene rings is 3. The van der Waals surface area contributed by atoms with Gasteiger partial charge < -0.3 is 19.7 Å². The minimum absolute atomic E-state index is 0.128. The molecule has 0 aromatic heterocycles. The summed E-state index contributed by atoms with van der Waals surface area (Å²) in [5.74, 6) is -0.555. The lowest BCUT2D eigenvalue weighted by Gasteiger charge is -2.26. The maximum absolute atomic E-state index is 13.5. The van der Waals surface area contributed by atoms with Crippen molar-refractivity contribution in [3.63, 3.8) is 0 Å². The monoisotopic (exact) mass is 524 g/mol. The Hall–Kier alpha value is -4.65. The molecule has 0 unspecified atom stereocenters. The summed E-state index contributed by atoms with van der Waals surface area (Å²) in [4.78, 5) is 40.2. The Bertz CT molecular complexity index is 1400. The van der Waals surface area contributed by atoms with Crippen molar-refractivity contribution in [1.82, 2.24) is 10.2 Å². The first-order chi connectivity index (χ1) is 18.8. The van der Waals surface area contributed by atoms with Crippen LogP contribution in [0, 0.1) is 0 Å². The lowest BCUT2D eigenvalue weighted by molar-refractivity contribution is -0.136. The highest BCUT2D eigenvalue weighted by atomic mass is 16.5. The third kappa shape index (κ3) is 6.26. The van der Waals surface area contributed by atoms with E-state index in [0.717, 1.165) is 11.1 Å². The Labute approximate surface area is 228 Å². The van der Waals surface area contributed by atoms with E-state index < -0.39 is 5.97 Å². The predicted molar refractivity (Wildman–Crippen MR) is 149 cm³/mol. The molecule has 1 N–H and O–H groups in total. The number of hydrogen-bond acceptors (Lipinski definition) is 5. The summed E-state index contributed by atoms with van der Waals surface area (Å²) in [6, 6.07) is 25.9. The molecule has 3 aromatic rings. The van der Waals surface area contributed by atoms with Gasteiger partial charge in [0.25, 0.3) is 11.8 Å². The molecule has 2 atom stereocenters. The molecule has 200 valence electrons. The molecule has 1 aliphatic heterocycles. The van der Waals surface area contributed by atoms with E-state index in [2.05, 4.69) is 5.32 Å². The van der Waals surface area contributed by atoms with E-state index >= 15 is 0 Å². The number of esters is 1. The topological polar surface area (TPSA) is 84.9 Å². The zero-order valence-corrected chi connectivity index (χ0v) is 22.5. The van der Waals surface area contributed by atoms with Crippen LogP contribution in [0.25, 0.3) is 6.08 Å². The second kappa shape index (κ2) is 12.3. The average molecular weight is 525 g/mol. The molecule has 0 bridgehead atoms. The molecule has 3 aromatic carbocycles. The SMILES string of the molecule is COC(=O)C1=C(C)N([C@H](C)c2ccccc2)C(=O)/C1=C\c1ccc(OCC(=O)N[C@H](C)c2ccccc2)cc1. The van der Waals surface area contributed by atoms with Crippen LogP contribution in [-0.4, -0.2) is 36.4 Å². The number of carbonyl (C=O) groups excluding carboxylic acids is 3. The standard InChI is InChI=1S/C32H32N2O5/c1-21(25-11-7-5-8-12-25)33-29(35)20-39-27-17-15-24(16-18-27)19-28-30(32(37)38-4)23(3)34(31(28)36)22(2)26-13-9-6-10-14-26/h5-19,21-22H,20H2,1-4H3,(H,33,35)/b28-19-/t21-,22-/m1/s1. The molecule has 7 heteroatoms. The number of nitrogens with one attached hydrogen (secondary N) is 1. The lowest BCUT2D eigenvalue weighted by Crippen LogP contribution is -2.31. The Morgan fingerprint density at radius 1 is 0.897 bits per heavy atom. The fourth-order valence-electron chi connectivity index (χ4n) is 4.63. The third-order valence-corrected chi connectivity index (χ3v) is 6.74. The smallest absolute Gasteiger partial charge is 0.340 e. The van der Waals surface area contributed by atoms with Crippen LogP contribution in [0.5, 0.6) is 5.75 Å². The van der Waals surface area contributed by atoms with Gasteiger partial charge in [0.1, 0.15) is 5.75 Å². The van der Waals surface area contributed by atoms with Gasteiger partial charge in [-0.1, -0.05) is 72.8 Å². The summed E-state index contributed by atoms with van der Waals surface area (Å²) >= 11 is 0. The fourth-order valence-corrected chi connectivity index (χ4v) is 4.63. The van der Waals surface area contributed by atoms with Crippen molar-refractivity contribution in [2.75, 3.05) is 13.7 Å². The maximum atomic E-state index is 13.5. The highest BCUT2D eigenvalue weighted by Gasteiger charge is 2.39. The molecule has 39 heavy (non-hydrogen) atoms.